The number of rotatable bonds is 2. The second-order valence-corrected chi connectivity index (χ2v) is 6.75. The molecule has 0 radical (unpaired) electrons. The molecular weight excluding hydrogens is 300 g/mol. The first-order chi connectivity index (χ1) is 10.7. The lowest BCUT2D eigenvalue weighted by molar-refractivity contribution is -0.167. The molecule has 6 heteroatoms. The molecule has 2 aliphatic heterocycles. The third-order valence-electron chi connectivity index (χ3n) is 4.19. The highest BCUT2D eigenvalue weighted by molar-refractivity contribution is 7.99. The molecule has 1 aromatic rings. The van der Waals surface area contributed by atoms with E-state index in [1.807, 2.05) is 47.0 Å². The number of benzene rings is 1. The number of thioether (sulfide) groups is 1. The zero-order valence-corrected chi connectivity index (χ0v) is 13.4. The van der Waals surface area contributed by atoms with Crippen molar-refractivity contribution in [3.8, 4) is 0 Å². The summed E-state index contributed by atoms with van der Waals surface area (Å²) in [6, 6.07) is 9.28. The van der Waals surface area contributed by atoms with Gasteiger partial charge in [0, 0.05) is 31.6 Å². The smallest absolute Gasteiger partial charge is 0.254 e. The molecule has 0 saturated carbocycles. The van der Waals surface area contributed by atoms with Crippen LogP contribution >= 0.6 is 11.8 Å². The van der Waals surface area contributed by atoms with Gasteiger partial charge in [-0.25, -0.2) is 0 Å². The normalized spacial score (nSPS) is 26.1. The molecule has 0 bridgehead atoms. The topological polar surface area (TPSA) is 49.9 Å². The fourth-order valence-corrected chi connectivity index (χ4v) is 3.83. The second kappa shape index (κ2) is 6.71. The summed E-state index contributed by atoms with van der Waals surface area (Å²) < 4.78 is 5.65. The van der Waals surface area contributed by atoms with Crippen LogP contribution in [0.4, 0.5) is 0 Å². The van der Waals surface area contributed by atoms with E-state index in [2.05, 4.69) is 0 Å². The summed E-state index contributed by atoms with van der Waals surface area (Å²) >= 11 is 1.86. The average molecular weight is 320 g/mol. The van der Waals surface area contributed by atoms with Crippen LogP contribution in [0.25, 0.3) is 0 Å². The van der Waals surface area contributed by atoms with Crippen molar-refractivity contribution in [1.29, 1.82) is 0 Å². The Balaban J connectivity index is 1.86. The van der Waals surface area contributed by atoms with E-state index >= 15 is 0 Å². The Bertz CT molecular complexity index is 546. The molecule has 3 rings (SSSR count). The summed E-state index contributed by atoms with van der Waals surface area (Å²) in [5, 5.41) is 0. The Hall–Kier alpha value is -1.53. The maximum Gasteiger partial charge on any atom is 0.254 e. The Kier molecular flexibility index (Phi) is 4.69. The minimum atomic E-state index is -0.617. The van der Waals surface area contributed by atoms with E-state index in [4.69, 9.17) is 4.74 Å². The maximum atomic E-state index is 12.8. The van der Waals surface area contributed by atoms with Crippen molar-refractivity contribution in [2.24, 2.45) is 0 Å². The van der Waals surface area contributed by atoms with Gasteiger partial charge in [-0.1, -0.05) is 30.3 Å². The second-order valence-electron chi connectivity index (χ2n) is 5.53. The molecule has 22 heavy (non-hydrogen) atoms. The molecule has 2 aliphatic rings. The third kappa shape index (κ3) is 2.98. The van der Waals surface area contributed by atoms with Gasteiger partial charge in [0.05, 0.1) is 6.04 Å². The van der Waals surface area contributed by atoms with Crippen molar-refractivity contribution in [3.63, 3.8) is 0 Å². The SMILES string of the molecule is CN1C(=O)CO[C@H](C(=O)N2CCSCC2)[C@@H]1c1ccccc1. The maximum absolute atomic E-state index is 12.8. The van der Waals surface area contributed by atoms with Gasteiger partial charge in [-0.3, -0.25) is 9.59 Å². The Labute approximate surface area is 134 Å². The van der Waals surface area contributed by atoms with Gasteiger partial charge in [0.25, 0.3) is 5.91 Å². The Morgan fingerprint density at radius 2 is 1.91 bits per heavy atom. The van der Waals surface area contributed by atoms with Gasteiger partial charge in [-0.15, -0.1) is 0 Å². The highest BCUT2D eigenvalue weighted by atomic mass is 32.2. The number of morpholine rings is 1. The van der Waals surface area contributed by atoms with E-state index in [-0.39, 0.29) is 24.5 Å². The number of carbonyl (C=O) groups excluding carboxylic acids is 2. The Morgan fingerprint density at radius 3 is 2.59 bits per heavy atom. The van der Waals surface area contributed by atoms with Crippen molar-refractivity contribution in [2.45, 2.75) is 12.1 Å². The number of carbonyl (C=O) groups is 2. The predicted octanol–water partition coefficient (Wildman–Crippen LogP) is 1.16. The quantitative estimate of drug-likeness (QED) is 0.820. The fraction of sp³-hybridized carbons (Fsp3) is 0.500. The minimum Gasteiger partial charge on any atom is -0.356 e. The van der Waals surface area contributed by atoms with Gasteiger partial charge in [0.1, 0.15) is 6.61 Å². The van der Waals surface area contributed by atoms with Crippen LogP contribution in [0.5, 0.6) is 0 Å². The standard InChI is InChI=1S/C16H20N2O3S/c1-17-13(19)11-21-15(14(17)12-5-3-2-4-6-12)16(20)18-7-9-22-10-8-18/h2-6,14-15H,7-11H2,1H3/t14-,15-/m0/s1. The molecule has 118 valence electrons. The van der Waals surface area contributed by atoms with Crippen LogP contribution in [0.2, 0.25) is 0 Å². The molecule has 2 amide bonds. The van der Waals surface area contributed by atoms with E-state index in [0.29, 0.717) is 0 Å². The van der Waals surface area contributed by atoms with Crippen LogP contribution < -0.4 is 0 Å². The van der Waals surface area contributed by atoms with Crippen molar-refractivity contribution in [2.75, 3.05) is 38.2 Å². The molecule has 5 nitrogen and oxygen atoms in total. The molecule has 1 aromatic carbocycles. The number of likely N-dealkylation sites (N-methyl/N-ethyl adjacent to an activating group) is 1. The van der Waals surface area contributed by atoms with Crippen molar-refractivity contribution in [3.05, 3.63) is 35.9 Å². The molecule has 2 atom stereocenters. The fourth-order valence-electron chi connectivity index (χ4n) is 2.93. The van der Waals surface area contributed by atoms with Gasteiger partial charge in [0.15, 0.2) is 6.10 Å². The summed E-state index contributed by atoms with van der Waals surface area (Å²) in [6.45, 7) is 1.48. The van der Waals surface area contributed by atoms with Crippen LogP contribution in [-0.4, -0.2) is 66.0 Å². The molecule has 0 N–H and O–H groups in total. The molecule has 2 saturated heterocycles. The number of hydrogen-bond acceptors (Lipinski definition) is 4. The highest BCUT2D eigenvalue weighted by Crippen LogP contribution is 2.30. The largest absolute Gasteiger partial charge is 0.356 e. The van der Waals surface area contributed by atoms with Gasteiger partial charge < -0.3 is 14.5 Å². The number of ether oxygens (including phenoxy) is 1. The van der Waals surface area contributed by atoms with Crippen LogP contribution in [0.3, 0.4) is 0 Å². The third-order valence-corrected chi connectivity index (χ3v) is 5.13. The van der Waals surface area contributed by atoms with E-state index in [9.17, 15) is 9.59 Å². The lowest BCUT2D eigenvalue weighted by Crippen LogP contribution is -2.55. The van der Waals surface area contributed by atoms with E-state index in [1.165, 1.54) is 0 Å². The van der Waals surface area contributed by atoms with Crippen molar-refractivity contribution < 1.29 is 14.3 Å². The zero-order valence-electron chi connectivity index (χ0n) is 12.6. The van der Waals surface area contributed by atoms with Gasteiger partial charge in [-0.05, 0) is 5.56 Å². The zero-order chi connectivity index (χ0) is 15.5. The van der Waals surface area contributed by atoms with Crippen LogP contribution in [0.15, 0.2) is 30.3 Å². The van der Waals surface area contributed by atoms with E-state index in [0.717, 1.165) is 30.2 Å². The van der Waals surface area contributed by atoms with Crippen LogP contribution in [-0.2, 0) is 14.3 Å². The van der Waals surface area contributed by atoms with Crippen molar-refractivity contribution >= 4 is 23.6 Å². The molecule has 0 aliphatic carbocycles. The molecular formula is C16H20N2O3S. The van der Waals surface area contributed by atoms with E-state index in [1.54, 1.807) is 11.9 Å². The minimum absolute atomic E-state index is 0.00602. The number of nitrogens with zero attached hydrogens (tertiary/aromatic N) is 2. The van der Waals surface area contributed by atoms with Crippen LogP contribution in [0, 0.1) is 0 Å². The first-order valence-electron chi connectivity index (χ1n) is 7.47. The number of amides is 2. The van der Waals surface area contributed by atoms with E-state index < -0.39 is 6.10 Å². The summed E-state index contributed by atoms with van der Waals surface area (Å²) in [5.74, 6) is 1.83. The first kappa shape index (κ1) is 15.4. The van der Waals surface area contributed by atoms with Gasteiger partial charge >= 0.3 is 0 Å². The first-order valence-corrected chi connectivity index (χ1v) is 8.62. The summed E-state index contributed by atoms with van der Waals surface area (Å²) in [4.78, 5) is 28.3. The summed E-state index contributed by atoms with van der Waals surface area (Å²) in [6.07, 6.45) is -0.617. The molecule has 2 heterocycles. The molecule has 0 unspecified atom stereocenters. The van der Waals surface area contributed by atoms with Crippen LogP contribution in [0.1, 0.15) is 11.6 Å². The van der Waals surface area contributed by atoms with Gasteiger partial charge in [0.2, 0.25) is 5.91 Å². The van der Waals surface area contributed by atoms with Crippen molar-refractivity contribution in [1.82, 2.24) is 9.80 Å². The summed E-state index contributed by atoms with van der Waals surface area (Å²) in [5.41, 5.74) is 0.933. The molecule has 0 aromatic heterocycles. The molecule has 0 spiro atoms. The molecule has 2 fully saturated rings. The highest BCUT2D eigenvalue weighted by Gasteiger charge is 2.41. The Morgan fingerprint density at radius 1 is 1.23 bits per heavy atom. The predicted molar refractivity (Wildman–Crippen MR) is 85.6 cm³/mol. The summed E-state index contributed by atoms with van der Waals surface area (Å²) in [7, 11) is 1.74. The lowest BCUT2D eigenvalue weighted by Gasteiger charge is -2.40. The average Bonchev–Trinajstić information content (AvgIpc) is 2.58. The lowest BCUT2D eigenvalue weighted by atomic mass is 9.97. The van der Waals surface area contributed by atoms with Gasteiger partial charge in [-0.2, -0.15) is 11.8 Å². The number of hydrogen-bond donors (Lipinski definition) is 0. The monoisotopic (exact) mass is 320 g/mol.